The smallest absolute Gasteiger partial charge is 0.269 e. The SMILES string of the molecule is C=CCN1c2ncccc2-c2nc(Nc3ccc(N4CCNCC4)cn3)ncc2S1(=O)=O. The zero-order chi connectivity index (χ0) is 22.1. The Bertz CT molecular complexity index is 1260. The fraction of sp³-hybridized carbons (Fsp3) is 0.238. The Morgan fingerprint density at radius 3 is 2.72 bits per heavy atom. The minimum atomic E-state index is -3.85. The summed E-state index contributed by atoms with van der Waals surface area (Å²) in [4.78, 5) is 19.8. The van der Waals surface area contributed by atoms with Crippen LogP contribution in [0.15, 0.2) is 60.4 Å². The quantitative estimate of drug-likeness (QED) is 0.561. The lowest BCUT2D eigenvalue weighted by Gasteiger charge is -2.29. The molecule has 5 heterocycles. The average molecular weight is 451 g/mol. The van der Waals surface area contributed by atoms with Gasteiger partial charge in [0.15, 0.2) is 5.82 Å². The molecule has 10 nitrogen and oxygen atoms in total. The number of pyridine rings is 2. The molecule has 3 aromatic rings. The van der Waals surface area contributed by atoms with Gasteiger partial charge in [0.1, 0.15) is 16.4 Å². The molecule has 5 rings (SSSR count). The van der Waals surface area contributed by atoms with Crippen molar-refractivity contribution in [1.82, 2.24) is 25.3 Å². The normalized spacial score (nSPS) is 16.8. The van der Waals surface area contributed by atoms with Gasteiger partial charge in [0, 0.05) is 37.9 Å². The molecule has 1 saturated heterocycles. The van der Waals surface area contributed by atoms with Gasteiger partial charge in [0.05, 0.1) is 24.6 Å². The first kappa shape index (κ1) is 20.3. The molecule has 0 spiro atoms. The maximum Gasteiger partial charge on any atom is 0.269 e. The summed E-state index contributed by atoms with van der Waals surface area (Å²) in [6, 6.07) is 7.40. The third-order valence-corrected chi connectivity index (χ3v) is 7.12. The van der Waals surface area contributed by atoms with Crippen LogP contribution in [0.1, 0.15) is 0 Å². The summed E-state index contributed by atoms with van der Waals surface area (Å²) in [7, 11) is -3.85. The van der Waals surface area contributed by atoms with E-state index in [1.165, 1.54) is 16.6 Å². The van der Waals surface area contributed by atoms with Crippen LogP contribution in [0.25, 0.3) is 11.3 Å². The van der Waals surface area contributed by atoms with E-state index in [2.05, 4.69) is 42.0 Å². The van der Waals surface area contributed by atoms with E-state index < -0.39 is 10.0 Å². The van der Waals surface area contributed by atoms with Crippen molar-refractivity contribution in [3.63, 3.8) is 0 Å². The second-order valence-electron chi connectivity index (χ2n) is 7.37. The van der Waals surface area contributed by atoms with Crippen molar-refractivity contribution in [3.05, 3.63) is 55.5 Å². The lowest BCUT2D eigenvalue weighted by atomic mass is 10.1. The highest BCUT2D eigenvalue weighted by molar-refractivity contribution is 7.93. The van der Waals surface area contributed by atoms with Crippen LogP contribution >= 0.6 is 0 Å². The van der Waals surface area contributed by atoms with E-state index in [4.69, 9.17) is 0 Å². The summed E-state index contributed by atoms with van der Waals surface area (Å²) in [5.74, 6) is 1.15. The summed E-state index contributed by atoms with van der Waals surface area (Å²) >= 11 is 0. The number of anilines is 4. The molecule has 2 aliphatic rings. The lowest BCUT2D eigenvalue weighted by molar-refractivity contribution is 0.589. The number of piperazine rings is 1. The molecule has 0 radical (unpaired) electrons. The number of rotatable bonds is 5. The van der Waals surface area contributed by atoms with E-state index >= 15 is 0 Å². The Balaban J connectivity index is 1.46. The monoisotopic (exact) mass is 450 g/mol. The standard InChI is InChI=1S/C21H22N8O2S/c1-2-10-29-20-16(4-3-7-23-20)19-17(32(29,30)31)14-25-21(27-19)26-18-6-5-15(13-24-18)28-11-8-22-9-12-28/h2-7,13-14,22H,1,8-12H2,(H,24,25,26,27). The van der Waals surface area contributed by atoms with Crippen molar-refractivity contribution < 1.29 is 8.42 Å². The van der Waals surface area contributed by atoms with E-state index in [9.17, 15) is 8.42 Å². The molecule has 2 aliphatic heterocycles. The molecule has 0 atom stereocenters. The Kier molecular flexibility index (Phi) is 5.19. The van der Waals surface area contributed by atoms with Gasteiger partial charge in [-0.3, -0.25) is 0 Å². The zero-order valence-corrected chi connectivity index (χ0v) is 18.1. The molecule has 1 fully saturated rings. The van der Waals surface area contributed by atoms with E-state index in [1.807, 2.05) is 18.3 Å². The second-order valence-corrected chi connectivity index (χ2v) is 9.20. The summed E-state index contributed by atoms with van der Waals surface area (Å²) in [5.41, 5.74) is 1.98. The molecule has 0 aromatic carbocycles. The predicted octanol–water partition coefficient (Wildman–Crippen LogP) is 1.78. The van der Waals surface area contributed by atoms with Crippen molar-refractivity contribution >= 4 is 33.3 Å². The highest BCUT2D eigenvalue weighted by Crippen LogP contribution is 2.40. The Morgan fingerprint density at radius 2 is 1.97 bits per heavy atom. The van der Waals surface area contributed by atoms with Gasteiger partial charge in [-0.1, -0.05) is 6.08 Å². The van der Waals surface area contributed by atoms with Crippen LogP contribution in [0.5, 0.6) is 0 Å². The fourth-order valence-electron chi connectivity index (χ4n) is 3.81. The Labute approximate surface area is 186 Å². The third-order valence-electron chi connectivity index (χ3n) is 5.37. The molecule has 0 amide bonds. The van der Waals surface area contributed by atoms with Crippen LogP contribution in [-0.4, -0.2) is 61.1 Å². The first-order valence-corrected chi connectivity index (χ1v) is 11.7. The van der Waals surface area contributed by atoms with Crippen LogP contribution < -0.4 is 19.8 Å². The van der Waals surface area contributed by atoms with E-state index in [0.717, 1.165) is 31.9 Å². The maximum atomic E-state index is 13.1. The molecule has 0 aliphatic carbocycles. The van der Waals surface area contributed by atoms with Crippen LogP contribution in [0.4, 0.5) is 23.3 Å². The van der Waals surface area contributed by atoms with Crippen LogP contribution in [0.3, 0.4) is 0 Å². The minimum Gasteiger partial charge on any atom is -0.368 e. The lowest BCUT2D eigenvalue weighted by Crippen LogP contribution is -2.43. The third kappa shape index (κ3) is 3.55. The van der Waals surface area contributed by atoms with Gasteiger partial charge in [-0.05, 0) is 24.3 Å². The Hall–Kier alpha value is -3.57. The summed E-state index contributed by atoms with van der Waals surface area (Å²) < 4.78 is 27.5. The van der Waals surface area contributed by atoms with Gasteiger partial charge in [-0.2, -0.15) is 0 Å². The molecule has 32 heavy (non-hydrogen) atoms. The maximum absolute atomic E-state index is 13.1. The van der Waals surface area contributed by atoms with Crippen LogP contribution in [-0.2, 0) is 10.0 Å². The van der Waals surface area contributed by atoms with E-state index in [1.54, 1.807) is 18.3 Å². The molecule has 11 heteroatoms. The molecular formula is C21H22N8O2S. The largest absolute Gasteiger partial charge is 0.368 e. The first-order chi connectivity index (χ1) is 15.6. The van der Waals surface area contributed by atoms with Crippen LogP contribution in [0.2, 0.25) is 0 Å². The molecule has 0 bridgehead atoms. The number of fused-ring (bicyclic) bond motifs is 3. The molecule has 164 valence electrons. The van der Waals surface area contributed by atoms with Crippen molar-refractivity contribution in [2.24, 2.45) is 0 Å². The number of sulfonamides is 1. The molecule has 0 saturated carbocycles. The second kappa shape index (κ2) is 8.17. The van der Waals surface area contributed by atoms with Gasteiger partial charge in [0.2, 0.25) is 5.95 Å². The van der Waals surface area contributed by atoms with Gasteiger partial charge in [0.25, 0.3) is 10.0 Å². The molecule has 2 N–H and O–H groups in total. The van der Waals surface area contributed by atoms with Gasteiger partial charge in [-0.25, -0.2) is 32.7 Å². The summed E-state index contributed by atoms with van der Waals surface area (Å²) in [5, 5.41) is 6.40. The highest BCUT2D eigenvalue weighted by atomic mass is 32.2. The number of nitrogens with one attached hydrogen (secondary N) is 2. The summed E-state index contributed by atoms with van der Waals surface area (Å²) in [6.07, 6.45) is 6.21. The van der Waals surface area contributed by atoms with Crippen molar-refractivity contribution in [1.29, 1.82) is 0 Å². The van der Waals surface area contributed by atoms with E-state index in [-0.39, 0.29) is 17.4 Å². The molecular weight excluding hydrogens is 428 g/mol. The number of hydrogen-bond acceptors (Lipinski definition) is 9. The van der Waals surface area contributed by atoms with Gasteiger partial charge < -0.3 is 15.5 Å². The van der Waals surface area contributed by atoms with Crippen LogP contribution in [0, 0.1) is 0 Å². The van der Waals surface area contributed by atoms with E-state index in [0.29, 0.717) is 22.9 Å². The van der Waals surface area contributed by atoms with Gasteiger partial charge >= 0.3 is 0 Å². The predicted molar refractivity (Wildman–Crippen MR) is 123 cm³/mol. The first-order valence-electron chi connectivity index (χ1n) is 10.2. The number of aromatic nitrogens is 4. The minimum absolute atomic E-state index is 0.0346. The summed E-state index contributed by atoms with van der Waals surface area (Å²) in [6.45, 7) is 7.54. The topological polar surface area (TPSA) is 116 Å². The fourth-order valence-corrected chi connectivity index (χ4v) is 5.31. The number of nitrogens with zero attached hydrogens (tertiary/aromatic N) is 6. The van der Waals surface area contributed by atoms with Crippen molar-refractivity contribution in [2.75, 3.05) is 47.2 Å². The number of hydrogen-bond donors (Lipinski definition) is 2. The van der Waals surface area contributed by atoms with Gasteiger partial charge in [-0.15, -0.1) is 6.58 Å². The highest BCUT2D eigenvalue weighted by Gasteiger charge is 2.37. The zero-order valence-electron chi connectivity index (χ0n) is 17.3. The van der Waals surface area contributed by atoms with Crippen molar-refractivity contribution in [2.45, 2.75) is 4.90 Å². The molecule has 3 aromatic heterocycles. The van der Waals surface area contributed by atoms with Crippen molar-refractivity contribution in [3.8, 4) is 11.3 Å². The molecule has 0 unspecified atom stereocenters. The Morgan fingerprint density at radius 1 is 1.12 bits per heavy atom. The average Bonchev–Trinajstić information content (AvgIpc) is 2.83.